The van der Waals surface area contributed by atoms with Crippen LogP contribution in [-0.2, 0) is 9.53 Å². The Kier molecular flexibility index (Phi) is 3.96. The molecule has 1 saturated heterocycles. The first-order valence-corrected chi connectivity index (χ1v) is 7.87. The second-order valence-electron chi connectivity index (χ2n) is 6.33. The molecule has 3 rings (SSSR count). The number of carbonyl (C=O) groups is 1. The molecule has 1 N–H and O–H groups in total. The molecule has 0 amide bonds. The number of rotatable bonds is 3. The minimum absolute atomic E-state index is 0.0113. The van der Waals surface area contributed by atoms with Crippen molar-refractivity contribution in [1.82, 2.24) is 4.90 Å². The molecule has 0 aromatic heterocycles. The van der Waals surface area contributed by atoms with E-state index in [-0.39, 0.29) is 17.9 Å². The van der Waals surface area contributed by atoms with Crippen molar-refractivity contribution in [3.05, 3.63) is 0 Å². The van der Waals surface area contributed by atoms with Gasteiger partial charge in [0.15, 0.2) is 0 Å². The molecule has 112 valence electrons. The average Bonchev–Trinajstić information content (AvgIpc) is 3.08. The largest absolute Gasteiger partial charge is 0.466 e. The Hall–Kier alpha value is -1.10. The van der Waals surface area contributed by atoms with Crippen LogP contribution in [-0.4, -0.2) is 47.5 Å². The molecule has 2 aliphatic carbocycles. The van der Waals surface area contributed by atoms with E-state index in [0.717, 1.165) is 44.5 Å². The molecule has 4 unspecified atom stereocenters. The summed E-state index contributed by atoms with van der Waals surface area (Å²) < 4.78 is 5.16. The van der Waals surface area contributed by atoms with Gasteiger partial charge in [0, 0.05) is 12.5 Å². The van der Waals surface area contributed by atoms with Crippen molar-refractivity contribution in [2.75, 3.05) is 19.7 Å². The van der Waals surface area contributed by atoms with Crippen molar-refractivity contribution in [2.45, 2.75) is 45.1 Å². The summed E-state index contributed by atoms with van der Waals surface area (Å²) in [6.07, 6.45) is 5.49. The normalized spacial score (nSPS) is 39.4. The zero-order valence-electron chi connectivity index (χ0n) is 12.1. The predicted molar refractivity (Wildman–Crippen MR) is 74.8 cm³/mol. The van der Waals surface area contributed by atoms with Crippen LogP contribution in [0.4, 0.5) is 0 Å². The van der Waals surface area contributed by atoms with Crippen molar-refractivity contribution >= 4 is 11.7 Å². The van der Waals surface area contributed by atoms with Crippen molar-refractivity contribution < 1.29 is 14.7 Å². The number of hydrogen-bond acceptors (Lipinski definition) is 5. The number of ether oxygens (including phenoxy) is 1. The number of piperidine rings is 1. The van der Waals surface area contributed by atoms with Crippen LogP contribution < -0.4 is 0 Å². The molecule has 5 nitrogen and oxygen atoms in total. The van der Waals surface area contributed by atoms with E-state index in [2.05, 4.69) is 10.1 Å². The molecule has 2 saturated carbocycles. The quantitative estimate of drug-likeness (QED) is 0.487. The number of likely N-dealkylation sites (tertiary alicyclic amines) is 1. The van der Waals surface area contributed by atoms with Gasteiger partial charge >= 0.3 is 5.97 Å². The summed E-state index contributed by atoms with van der Waals surface area (Å²) in [6.45, 7) is 4.06. The number of hydrogen-bond donors (Lipinski definition) is 1. The molecule has 3 fully saturated rings. The minimum Gasteiger partial charge on any atom is -0.466 e. The van der Waals surface area contributed by atoms with Gasteiger partial charge in [-0.05, 0) is 51.5 Å². The second kappa shape index (κ2) is 5.72. The zero-order valence-corrected chi connectivity index (χ0v) is 12.1. The summed E-state index contributed by atoms with van der Waals surface area (Å²) in [6, 6.07) is 0.260. The van der Waals surface area contributed by atoms with Crippen LogP contribution in [0.3, 0.4) is 0 Å². The van der Waals surface area contributed by atoms with Gasteiger partial charge in [-0.3, -0.25) is 9.69 Å². The van der Waals surface area contributed by atoms with Gasteiger partial charge in [-0.25, -0.2) is 0 Å². The van der Waals surface area contributed by atoms with Crippen LogP contribution in [0.5, 0.6) is 0 Å². The zero-order chi connectivity index (χ0) is 14.1. The van der Waals surface area contributed by atoms with E-state index in [0.29, 0.717) is 18.4 Å². The fourth-order valence-corrected chi connectivity index (χ4v) is 4.39. The summed E-state index contributed by atoms with van der Waals surface area (Å²) in [7, 11) is 0. The van der Waals surface area contributed by atoms with E-state index in [1.807, 2.05) is 6.92 Å². The molecule has 0 spiro atoms. The van der Waals surface area contributed by atoms with E-state index in [9.17, 15) is 10.0 Å². The third kappa shape index (κ3) is 2.32. The maximum Gasteiger partial charge on any atom is 0.310 e. The highest BCUT2D eigenvalue weighted by Gasteiger charge is 2.49. The molecule has 5 heteroatoms. The Morgan fingerprint density at radius 2 is 2.30 bits per heavy atom. The van der Waals surface area contributed by atoms with E-state index in [1.165, 1.54) is 6.42 Å². The topological polar surface area (TPSA) is 62.1 Å². The van der Waals surface area contributed by atoms with Crippen LogP contribution >= 0.6 is 0 Å². The lowest BCUT2D eigenvalue weighted by molar-refractivity contribution is -0.150. The van der Waals surface area contributed by atoms with Crippen molar-refractivity contribution in [1.29, 1.82) is 0 Å². The van der Waals surface area contributed by atoms with Gasteiger partial charge in [0.2, 0.25) is 0 Å². The van der Waals surface area contributed by atoms with Crippen molar-refractivity contribution in [3.63, 3.8) is 0 Å². The summed E-state index contributed by atoms with van der Waals surface area (Å²) >= 11 is 0. The Labute approximate surface area is 120 Å². The van der Waals surface area contributed by atoms with E-state index < -0.39 is 0 Å². The van der Waals surface area contributed by atoms with Crippen molar-refractivity contribution in [2.24, 2.45) is 22.9 Å². The van der Waals surface area contributed by atoms with Crippen LogP contribution in [0.25, 0.3) is 0 Å². The molecule has 4 atom stereocenters. The third-order valence-electron chi connectivity index (χ3n) is 5.22. The molecular weight excluding hydrogens is 256 g/mol. The van der Waals surface area contributed by atoms with Gasteiger partial charge in [-0.2, -0.15) is 0 Å². The second-order valence-corrected chi connectivity index (χ2v) is 6.33. The summed E-state index contributed by atoms with van der Waals surface area (Å²) in [4.78, 5) is 14.3. The minimum atomic E-state index is -0.0668. The third-order valence-corrected chi connectivity index (χ3v) is 5.22. The first kappa shape index (κ1) is 13.9. The summed E-state index contributed by atoms with van der Waals surface area (Å²) in [5, 5.41) is 12.9. The predicted octanol–water partition coefficient (Wildman–Crippen LogP) is 1.89. The lowest BCUT2D eigenvalue weighted by Crippen LogP contribution is -2.50. The highest BCUT2D eigenvalue weighted by Crippen LogP contribution is 2.45. The Bertz CT molecular complexity index is 410. The van der Waals surface area contributed by atoms with Gasteiger partial charge in [0.25, 0.3) is 0 Å². The standard InChI is InChI=1S/C15H24N2O3/c1-2-20-15(18)12-4-3-7-17(9-12)14-11-6-5-10(8-11)13(14)16-19/h10-12,14,19H,2-9H2,1H3/b16-13+. The summed E-state index contributed by atoms with van der Waals surface area (Å²) in [5.41, 5.74) is 0.964. The molecule has 0 aromatic rings. The number of carbonyl (C=O) groups excluding carboxylic acids is 1. The van der Waals surface area contributed by atoms with Crippen LogP contribution in [0.2, 0.25) is 0 Å². The number of esters is 1. The molecular formula is C15H24N2O3. The molecule has 20 heavy (non-hydrogen) atoms. The van der Waals surface area contributed by atoms with Crippen LogP contribution in [0.15, 0.2) is 5.16 Å². The number of nitrogens with zero attached hydrogens (tertiary/aromatic N) is 2. The SMILES string of the molecule is CCOC(=O)C1CCCN(C2/C(=N/O)C3CCC2C3)C1. The first-order chi connectivity index (χ1) is 9.74. The average molecular weight is 280 g/mol. The highest BCUT2D eigenvalue weighted by atomic mass is 16.5. The van der Waals surface area contributed by atoms with Gasteiger partial charge in [-0.15, -0.1) is 0 Å². The summed E-state index contributed by atoms with van der Waals surface area (Å²) in [5.74, 6) is 1.01. The lowest BCUT2D eigenvalue weighted by atomic mass is 9.88. The van der Waals surface area contributed by atoms with Gasteiger partial charge in [-0.1, -0.05) is 5.16 Å². The van der Waals surface area contributed by atoms with Crippen molar-refractivity contribution in [3.8, 4) is 0 Å². The molecule has 0 aromatic carbocycles. The van der Waals surface area contributed by atoms with E-state index >= 15 is 0 Å². The smallest absolute Gasteiger partial charge is 0.310 e. The Balaban J connectivity index is 1.69. The molecule has 2 bridgehead atoms. The fraction of sp³-hybridized carbons (Fsp3) is 0.867. The molecule has 0 radical (unpaired) electrons. The van der Waals surface area contributed by atoms with E-state index in [1.54, 1.807) is 0 Å². The van der Waals surface area contributed by atoms with Gasteiger partial charge in [0.05, 0.1) is 24.3 Å². The van der Waals surface area contributed by atoms with Gasteiger partial charge < -0.3 is 9.94 Å². The number of fused-ring (bicyclic) bond motifs is 2. The molecule has 1 aliphatic heterocycles. The maximum absolute atomic E-state index is 11.9. The Morgan fingerprint density at radius 1 is 1.45 bits per heavy atom. The molecule has 3 aliphatic rings. The monoisotopic (exact) mass is 280 g/mol. The molecule has 1 heterocycles. The number of oxime groups is 1. The van der Waals surface area contributed by atoms with Crippen LogP contribution in [0, 0.1) is 17.8 Å². The first-order valence-electron chi connectivity index (χ1n) is 7.87. The lowest BCUT2D eigenvalue weighted by Gasteiger charge is -2.39. The fourth-order valence-electron chi connectivity index (χ4n) is 4.39. The van der Waals surface area contributed by atoms with Gasteiger partial charge in [0.1, 0.15) is 0 Å². The maximum atomic E-state index is 11.9. The van der Waals surface area contributed by atoms with Crippen LogP contribution in [0.1, 0.15) is 39.0 Å². The Morgan fingerprint density at radius 3 is 3.05 bits per heavy atom. The van der Waals surface area contributed by atoms with E-state index in [4.69, 9.17) is 4.74 Å². The highest BCUT2D eigenvalue weighted by molar-refractivity contribution is 5.94.